The topological polar surface area (TPSA) is 84.9 Å². The Kier molecular flexibility index (Phi) is 7.02. The first kappa shape index (κ1) is 20.8. The molecule has 0 fully saturated rings. The van der Waals surface area contributed by atoms with E-state index in [0.717, 1.165) is 11.0 Å². The summed E-state index contributed by atoms with van der Waals surface area (Å²) >= 11 is 0. The second-order valence-corrected chi connectivity index (χ2v) is 5.73. The van der Waals surface area contributed by atoms with Crippen LogP contribution in [0.1, 0.15) is 10.4 Å². The number of amides is 2. The van der Waals surface area contributed by atoms with E-state index in [4.69, 9.17) is 9.47 Å². The molecule has 148 valence electrons. The molecule has 0 heterocycles. The minimum Gasteiger partial charge on any atom is -0.497 e. The van der Waals surface area contributed by atoms with Gasteiger partial charge in [-0.25, -0.2) is 13.6 Å². The van der Waals surface area contributed by atoms with Crippen molar-refractivity contribution in [3.63, 3.8) is 0 Å². The van der Waals surface area contributed by atoms with E-state index in [2.05, 4.69) is 5.32 Å². The van der Waals surface area contributed by atoms with Crippen LogP contribution in [0.15, 0.2) is 42.5 Å². The summed E-state index contributed by atoms with van der Waals surface area (Å²) in [7, 11) is 2.70. The third kappa shape index (κ3) is 5.76. The van der Waals surface area contributed by atoms with Crippen molar-refractivity contribution in [2.45, 2.75) is 0 Å². The lowest BCUT2D eigenvalue weighted by Gasteiger charge is -2.17. The number of esters is 1. The summed E-state index contributed by atoms with van der Waals surface area (Å²) in [5.41, 5.74) is 0.0268. The average Bonchev–Trinajstić information content (AvgIpc) is 2.67. The van der Waals surface area contributed by atoms with E-state index in [1.807, 2.05) is 0 Å². The van der Waals surface area contributed by atoms with Crippen molar-refractivity contribution >= 4 is 23.5 Å². The number of anilines is 1. The first-order valence-electron chi connectivity index (χ1n) is 8.10. The Morgan fingerprint density at radius 2 is 1.75 bits per heavy atom. The largest absolute Gasteiger partial charge is 0.497 e. The van der Waals surface area contributed by atoms with E-state index in [1.54, 1.807) is 0 Å². The minimum atomic E-state index is -1.02. The molecule has 0 unspecified atom stereocenters. The van der Waals surface area contributed by atoms with Crippen molar-refractivity contribution in [2.75, 3.05) is 32.6 Å². The summed E-state index contributed by atoms with van der Waals surface area (Å²) in [6, 6.07) is 8.70. The number of carbonyl (C=O) groups is 3. The zero-order valence-electron chi connectivity index (χ0n) is 15.2. The highest BCUT2D eigenvalue weighted by Crippen LogP contribution is 2.17. The molecule has 0 bridgehead atoms. The predicted molar refractivity (Wildman–Crippen MR) is 95.9 cm³/mol. The van der Waals surface area contributed by atoms with Crippen molar-refractivity contribution in [3.8, 4) is 5.75 Å². The average molecular weight is 392 g/mol. The molecule has 28 heavy (non-hydrogen) atoms. The highest BCUT2D eigenvalue weighted by molar-refractivity contribution is 5.95. The van der Waals surface area contributed by atoms with E-state index in [9.17, 15) is 23.2 Å². The van der Waals surface area contributed by atoms with Gasteiger partial charge in [-0.3, -0.25) is 9.59 Å². The molecule has 9 heteroatoms. The van der Waals surface area contributed by atoms with Gasteiger partial charge in [0.2, 0.25) is 5.91 Å². The van der Waals surface area contributed by atoms with Gasteiger partial charge in [-0.1, -0.05) is 0 Å². The van der Waals surface area contributed by atoms with Gasteiger partial charge in [0, 0.05) is 18.8 Å². The number of likely N-dealkylation sites (N-methyl/N-ethyl adjacent to an activating group) is 1. The summed E-state index contributed by atoms with van der Waals surface area (Å²) in [5, 5.41) is 2.50. The van der Waals surface area contributed by atoms with Gasteiger partial charge in [0.05, 0.1) is 19.2 Å². The molecule has 7 nitrogen and oxygen atoms in total. The van der Waals surface area contributed by atoms with Gasteiger partial charge in [0.15, 0.2) is 6.61 Å². The maximum atomic E-state index is 13.8. The number of methoxy groups -OCH3 is 1. The second kappa shape index (κ2) is 9.45. The highest BCUT2D eigenvalue weighted by Gasteiger charge is 2.18. The smallest absolute Gasteiger partial charge is 0.341 e. The fourth-order valence-corrected chi connectivity index (χ4v) is 2.14. The van der Waals surface area contributed by atoms with Gasteiger partial charge >= 0.3 is 5.97 Å². The maximum Gasteiger partial charge on any atom is 0.341 e. The van der Waals surface area contributed by atoms with E-state index in [1.165, 1.54) is 50.6 Å². The van der Waals surface area contributed by atoms with Crippen molar-refractivity contribution in [1.82, 2.24) is 4.90 Å². The molecular formula is C19H18F2N2O5. The molecule has 2 amide bonds. The fourth-order valence-electron chi connectivity index (χ4n) is 2.14. The summed E-state index contributed by atoms with van der Waals surface area (Å²) in [4.78, 5) is 36.8. The Morgan fingerprint density at radius 1 is 1.07 bits per heavy atom. The van der Waals surface area contributed by atoms with Gasteiger partial charge in [-0.15, -0.1) is 0 Å². The summed E-state index contributed by atoms with van der Waals surface area (Å²) in [5.74, 6) is -3.24. The third-order valence-electron chi connectivity index (χ3n) is 3.66. The molecule has 2 aromatic carbocycles. The molecule has 0 aliphatic carbocycles. The summed E-state index contributed by atoms with van der Waals surface area (Å²) < 4.78 is 36.3. The predicted octanol–water partition coefficient (Wildman–Crippen LogP) is 2.23. The lowest BCUT2D eigenvalue weighted by Crippen LogP contribution is -2.37. The first-order valence-corrected chi connectivity index (χ1v) is 8.10. The van der Waals surface area contributed by atoms with Gasteiger partial charge in [-0.05, 0) is 36.4 Å². The molecule has 1 N–H and O–H groups in total. The van der Waals surface area contributed by atoms with E-state index in [0.29, 0.717) is 5.69 Å². The molecule has 2 rings (SSSR count). The highest BCUT2D eigenvalue weighted by atomic mass is 19.1. The number of hydrogen-bond acceptors (Lipinski definition) is 5. The Morgan fingerprint density at radius 3 is 2.36 bits per heavy atom. The van der Waals surface area contributed by atoms with Crippen LogP contribution < -0.4 is 10.1 Å². The second-order valence-electron chi connectivity index (χ2n) is 5.73. The monoisotopic (exact) mass is 392 g/mol. The van der Waals surface area contributed by atoms with Gasteiger partial charge < -0.3 is 19.7 Å². The molecule has 0 aliphatic rings. The first-order chi connectivity index (χ1) is 13.3. The van der Waals surface area contributed by atoms with Crippen LogP contribution in [-0.4, -0.2) is 50.0 Å². The van der Waals surface area contributed by atoms with Crippen molar-refractivity contribution in [1.29, 1.82) is 0 Å². The van der Waals surface area contributed by atoms with Crippen LogP contribution in [0, 0.1) is 11.6 Å². The number of hydrogen-bond donors (Lipinski definition) is 1. The number of nitrogens with zero attached hydrogens (tertiary/aromatic N) is 1. The Hall–Kier alpha value is -3.49. The van der Waals surface area contributed by atoms with E-state index in [-0.39, 0.29) is 17.9 Å². The minimum absolute atomic E-state index is 0.233. The molecule has 2 aromatic rings. The zero-order valence-corrected chi connectivity index (χ0v) is 15.2. The molecule has 0 radical (unpaired) electrons. The van der Waals surface area contributed by atoms with Gasteiger partial charge in [0.25, 0.3) is 5.91 Å². The molecule has 0 saturated heterocycles. The van der Waals surface area contributed by atoms with Gasteiger partial charge in [-0.2, -0.15) is 0 Å². The standard InChI is InChI=1S/C19H18F2N2O5/c1-23(10-17(24)22-13-5-3-12(20)4-6-13)18(25)11-28-19(26)15-8-7-14(27-2)9-16(15)21/h3-9H,10-11H2,1-2H3,(H,22,24). The number of benzene rings is 2. The lowest BCUT2D eigenvalue weighted by molar-refractivity contribution is -0.136. The number of nitrogens with one attached hydrogen (secondary N) is 1. The van der Waals surface area contributed by atoms with Crippen LogP contribution in [-0.2, 0) is 14.3 Å². The molecule has 0 spiro atoms. The molecule has 0 aliphatic heterocycles. The SMILES string of the molecule is COc1ccc(C(=O)OCC(=O)N(C)CC(=O)Nc2ccc(F)cc2)c(F)c1. The molecule has 0 atom stereocenters. The summed E-state index contributed by atoms with van der Waals surface area (Å²) in [6.07, 6.45) is 0. The molecule has 0 saturated carbocycles. The van der Waals surface area contributed by atoms with Crippen molar-refractivity contribution < 1.29 is 32.6 Å². The Bertz CT molecular complexity index is 871. The molecular weight excluding hydrogens is 374 g/mol. The van der Waals surface area contributed by atoms with Crippen LogP contribution in [0.3, 0.4) is 0 Å². The van der Waals surface area contributed by atoms with Crippen LogP contribution >= 0.6 is 0 Å². The fraction of sp³-hybridized carbons (Fsp3) is 0.211. The van der Waals surface area contributed by atoms with Crippen LogP contribution in [0.2, 0.25) is 0 Å². The number of halogens is 2. The van der Waals surface area contributed by atoms with Crippen molar-refractivity contribution in [3.05, 3.63) is 59.7 Å². The van der Waals surface area contributed by atoms with E-state index >= 15 is 0 Å². The Balaban J connectivity index is 1.83. The van der Waals surface area contributed by atoms with Crippen LogP contribution in [0.4, 0.5) is 14.5 Å². The van der Waals surface area contributed by atoms with E-state index < -0.39 is 36.0 Å². The van der Waals surface area contributed by atoms with Crippen LogP contribution in [0.5, 0.6) is 5.75 Å². The number of rotatable bonds is 7. The Labute approximate surface area is 159 Å². The third-order valence-corrected chi connectivity index (χ3v) is 3.66. The quantitative estimate of drug-likeness (QED) is 0.731. The lowest BCUT2D eigenvalue weighted by atomic mass is 10.2. The molecule has 0 aromatic heterocycles. The van der Waals surface area contributed by atoms with Crippen molar-refractivity contribution in [2.24, 2.45) is 0 Å². The number of carbonyl (C=O) groups excluding carboxylic acids is 3. The number of ether oxygens (including phenoxy) is 2. The van der Waals surface area contributed by atoms with Crippen LogP contribution in [0.25, 0.3) is 0 Å². The van der Waals surface area contributed by atoms with Gasteiger partial charge in [0.1, 0.15) is 17.4 Å². The maximum absolute atomic E-state index is 13.8. The summed E-state index contributed by atoms with van der Waals surface area (Å²) in [6.45, 7) is -0.977. The zero-order chi connectivity index (χ0) is 20.7. The normalized spacial score (nSPS) is 10.1.